The zero-order chi connectivity index (χ0) is 15.6. The zero-order valence-corrected chi connectivity index (χ0v) is 13.1. The Hall–Kier alpha value is -1.30. The van der Waals surface area contributed by atoms with E-state index in [1.54, 1.807) is 23.6 Å². The van der Waals surface area contributed by atoms with Gasteiger partial charge < -0.3 is 19.6 Å². The van der Waals surface area contributed by atoms with E-state index >= 15 is 0 Å². The van der Waals surface area contributed by atoms with Crippen molar-refractivity contribution in [3.8, 4) is 0 Å². The highest BCUT2D eigenvalue weighted by molar-refractivity contribution is 5.82. The smallest absolute Gasteiger partial charge is 0.409 e. The molecule has 0 aromatic rings. The van der Waals surface area contributed by atoms with Crippen molar-refractivity contribution in [3.05, 3.63) is 0 Å². The lowest BCUT2D eigenvalue weighted by Crippen LogP contribution is -2.54. The molecule has 1 heterocycles. The maximum absolute atomic E-state index is 12.5. The van der Waals surface area contributed by atoms with Gasteiger partial charge in [-0.3, -0.25) is 4.79 Å². The van der Waals surface area contributed by atoms with Crippen LogP contribution in [0.1, 0.15) is 34.1 Å². The van der Waals surface area contributed by atoms with Gasteiger partial charge in [0.05, 0.1) is 12.7 Å². The van der Waals surface area contributed by atoms with Crippen LogP contribution < -0.4 is 0 Å². The van der Waals surface area contributed by atoms with Crippen molar-refractivity contribution in [2.45, 2.75) is 39.7 Å². The molecule has 20 heavy (non-hydrogen) atoms. The summed E-state index contributed by atoms with van der Waals surface area (Å²) in [4.78, 5) is 27.3. The molecule has 1 aliphatic heterocycles. The van der Waals surface area contributed by atoms with Gasteiger partial charge in [-0.2, -0.15) is 0 Å². The number of nitrogens with zero attached hydrogens (tertiary/aromatic N) is 2. The fourth-order valence-corrected chi connectivity index (χ4v) is 2.81. The molecule has 0 aliphatic carbocycles. The van der Waals surface area contributed by atoms with Crippen LogP contribution in [0.25, 0.3) is 0 Å². The normalized spacial score (nSPS) is 17.1. The van der Waals surface area contributed by atoms with E-state index in [2.05, 4.69) is 4.74 Å². The highest BCUT2D eigenvalue weighted by Crippen LogP contribution is 2.30. The Bertz CT molecular complexity index is 366. The van der Waals surface area contributed by atoms with Gasteiger partial charge in [0.2, 0.25) is 5.91 Å². The van der Waals surface area contributed by atoms with Gasteiger partial charge in [0.25, 0.3) is 0 Å². The van der Waals surface area contributed by atoms with Crippen LogP contribution in [0.2, 0.25) is 0 Å². The standard InChI is InChI=1S/C14H26N2O4/c1-13(2,10-14(3,4)19)11(17)15-6-8-16(9-7-15)12(18)20-5/h19H,6-10H2,1-5H3. The molecular weight excluding hydrogens is 260 g/mol. The Balaban J connectivity index is 2.60. The number of carbonyl (C=O) groups excluding carboxylic acids is 2. The second kappa shape index (κ2) is 5.99. The Kier molecular flexibility index (Phi) is 5.02. The maximum Gasteiger partial charge on any atom is 0.409 e. The van der Waals surface area contributed by atoms with Crippen LogP contribution in [0.3, 0.4) is 0 Å². The molecule has 0 saturated carbocycles. The number of aliphatic hydroxyl groups is 1. The third-order valence-electron chi connectivity index (χ3n) is 3.45. The van der Waals surface area contributed by atoms with E-state index in [9.17, 15) is 14.7 Å². The summed E-state index contributed by atoms with van der Waals surface area (Å²) in [5.74, 6) is 0.0177. The summed E-state index contributed by atoms with van der Waals surface area (Å²) < 4.78 is 4.67. The number of rotatable bonds is 3. The molecular formula is C14H26N2O4. The first-order valence-electron chi connectivity index (χ1n) is 6.91. The van der Waals surface area contributed by atoms with Crippen molar-refractivity contribution in [1.82, 2.24) is 9.80 Å². The van der Waals surface area contributed by atoms with Crippen molar-refractivity contribution in [2.75, 3.05) is 33.3 Å². The third kappa shape index (κ3) is 4.37. The Morgan fingerprint density at radius 2 is 1.50 bits per heavy atom. The minimum absolute atomic E-state index is 0.0177. The average molecular weight is 286 g/mol. The highest BCUT2D eigenvalue weighted by atomic mass is 16.5. The first-order valence-corrected chi connectivity index (χ1v) is 6.91. The first-order chi connectivity index (χ1) is 9.07. The van der Waals surface area contributed by atoms with Crippen LogP contribution in [-0.4, -0.2) is 65.8 Å². The van der Waals surface area contributed by atoms with E-state index in [1.807, 2.05) is 13.8 Å². The number of carbonyl (C=O) groups is 2. The van der Waals surface area contributed by atoms with Crippen molar-refractivity contribution in [3.63, 3.8) is 0 Å². The summed E-state index contributed by atoms with van der Waals surface area (Å²) in [6, 6.07) is 0. The molecule has 0 bridgehead atoms. The van der Waals surface area contributed by atoms with Crippen LogP contribution in [0.4, 0.5) is 4.79 Å². The highest BCUT2D eigenvalue weighted by Gasteiger charge is 2.37. The summed E-state index contributed by atoms with van der Waals surface area (Å²) in [5.41, 5.74) is -1.50. The Morgan fingerprint density at radius 1 is 1.05 bits per heavy atom. The summed E-state index contributed by atoms with van der Waals surface area (Å²) >= 11 is 0. The van der Waals surface area contributed by atoms with E-state index < -0.39 is 11.0 Å². The van der Waals surface area contributed by atoms with E-state index in [-0.39, 0.29) is 12.0 Å². The van der Waals surface area contributed by atoms with Crippen LogP contribution in [-0.2, 0) is 9.53 Å². The van der Waals surface area contributed by atoms with Gasteiger partial charge in [0, 0.05) is 31.6 Å². The molecule has 1 rings (SSSR count). The molecule has 1 N–H and O–H groups in total. The molecule has 6 nitrogen and oxygen atoms in total. The third-order valence-corrected chi connectivity index (χ3v) is 3.45. The van der Waals surface area contributed by atoms with Crippen molar-refractivity contribution in [1.29, 1.82) is 0 Å². The maximum atomic E-state index is 12.5. The van der Waals surface area contributed by atoms with E-state index in [0.29, 0.717) is 32.6 Å². The lowest BCUT2D eigenvalue weighted by atomic mass is 9.80. The van der Waals surface area contributed by atoms with Gasteiger partial charge in [-0.05, 0) is 20.3 Å². The van der Waals surface area contributed by atoms with E-state index in [4.69, 9.17) is 0 Å². The van der Waals surface area contributed by atoms with E-state index in [0.717, 1.165) is 0 Å². The quantitative estimate of drug-likeness (QED) is 0.843. The molecule has 0 aromatic heterocycles. The van der Waals surface area contributed by atoms with Gasteiger partial charge in [0.15, 0.2) is 0 Å². The fourth-order valence-electron chi connectivity index (χ4n) is 2.81. The van der Waals surface area contributed by atoms with Gasteiger partial charge in [-0.1, -0.05) is 13.8 Å². The van der Waals surface area contributed by atoms with Crippen molar-refractivity contribution >= 4 is 12.0 Å². The number of piperazine rings is 1. The molecule has 0 radical (unpaired) electrons. The minimum atomic E-state index is -0.882. The minimum Gasteiger partial charge on any atom is -0.453 e. The molecule has 1 aliphatic rings. The van der Waals surface area contributed by atoms with Crippen LogP contribution in [0.5, 0.6) is 0 Å². The fraction of sp³-hybridized carbons (Fsp3) is 0.857. The Morgan fingerprint density at radius 3 is 1.90 bits per heavy atom. The second-order valence-electron chi connectivity index (χ2n) is 6.62. The first kappa shape index (κ1) is 16.8. The lowest BCUT2D eigenvalue weighted by Gasteiger charge is -2.39. The van der Waals surface area contributed by atoms with Gasteiger partial charge in [0.1, 0.15) is 0 Å². The molecule has 6 heteroatoms. The number of methoxy groups -OCH3 is 1. The number of ether oxygens (including phenoxy) is 1. The van der Waals surface area contributed by atoms with Crippen LogP contribution >= 0.6 is 0 Å². The van der Waals surface area contributed by atoms with Crippen LogP contribution in [0, 0.1) is 5.41 Å². The van der Waals surface area contributed by atoms with Gasteiger partial charge in [-0.15, -0.1) is 0 Å². The number of hydrogen-bond acceptors (Lipinski definition) is 4. The van der Waals surface area contributed by atoms with E-state index in [1.165, 1.54) is 7.11 Å². The summed E-state index contributed by atoms with van der Waals surface area (Å²) in [7, 11) is 1.35. The summed E-state index contributed by atoms with van der Waals surface area (Å²) in [6.07, 6.45) is 0.0450. The van der Waals surface area contributed by atoms with Gasteiger partial charge >= 0.3 is 6.09 Å². The van der Waals surface area contributed by atoms with Crippen molar-refractivity contribution < 1.29 is 19.4 Å². The van der Waals surface area contributed by atoms with Crippen LogP contribution in [0.15, 0.2) is 0 Å². The van der Waals surface area contributed by atoms with Crippen molar-refractivity contribution in [2.24, 2.45) is 5.41 Å². The molecule has 2 amide bonds. The molecule has 1 saturated heterocycles. The molecule has 116 valence electrons. The predicted octanol–water partition coefficient (Wildman–Crippen LogP) is 1.08. The Labute approximate surface area is 120 Å². The lowest BCUT2D eigenvalue weighted by molar-refractivity contribution is -0.145. The molecule has 0 spiro atoms. The number of hydrogen-bond donors (Lipinski definition) is 1. The molecule has 0 unspecified atom stereocenters. The topological polar surface area (TPSA) is 70.1 Å². The monoisotopic (exact) mass is 286 g/mol. The largest absolute Gasteiger partial charge is 0.453 e. The second-order valence-corrected chi connectivity index (χ2v) is 6.62. The molecule has 0 atom stereocenters. The summed E-state index contributed by atoms with van der Waals surface area (Å²) in [6.45, 7) is 9.08. The SMILES string of the molecule is COC(=O)N1CCN(C(=O)C(C)(C)CC(C)(C)O)CC1. The van der Waals surface area contributed by atoms with Gasteiger partial charge in [-0.25, -0.2) is 4.79 Å². The molecule has 1 fully saturated rings. The number of amides is 2. The average Bonchev–Trinajstić information content (AvgIpc) is 2.34. The predicted molar refractivity (Wildman–Crippen MR) is 75.3 cm³/mol. The molecule has 0 aromatic carbocycles. The zero-order valence-electron chi connectivity index (χ0n) is 13.1. The summed E-state index contributed by atoms with van der Waals surface area (Å²) in [5, 5.41) is 9.91.